The number of aromatic nitrogens is 2. The first-order valence-corrected chi connectivity index (χ1v) is 7.32. The fraction of sp³-hybridized carbons (Fsp3) is 0. The summed E-state index contributed by atoms with van der Waals surface area (Å²) in [6.45, 7) is 0. The zero-order valence-electron chi connectivity index (χ0n) is 12.5. The van der Waals surface area contributed by atoms with E-state index in [0.29, 0.717) is 22.7 Å². The molecule has 1 aromatic carbocycles. The van der Waals surface area contributed by atoms with E-state index in [0.717, 1.165) is 10.9 Å². The number of furan rings is 1. The van der Waals surface area contributed by atoms with Crippen LogP contribution in [0.4, 0.5) is 21.6 Å². The molecule has 0 aliphatic heterocycles. The first kappa shape index (κ1) is 14.2. The van der Waals surface area contributed by atoms with Gasteiger partial charge in [0.2, 0.25) is 5.88 Å². The number of hydrogen-bond acceptors (Lipinski definition) is 5. The molecule has 0 amide bonds. The van der Waals surface area contributed by atoms with Crippen molar-refractivity contribution in [2.24, 2.45) is 0 Å². The van der Waals surface area contributed by atoms with E-state index in [4.69, 9.17) is 10.2 Å². The summed E-state index contributed by atoms with van der Waals surface area (Å²) < 4.78 is 18.8. The van der Waals surface area contributed by atoms with Gasteiger partial charge in [0, 0.05) is 29.8 Å². The molecule has 0 radical (unpaired) electrons. The van der Waals surface area contributed by atoms with E-state index in [1.165, 1.54) is 12.1 Å². The lowest BCUT2D eigenvalue weighted by atomic mass is 10.1. The molecule has 0 aliphatic carbocycles. The predicted molar refractivity (Wildman–Crippen MR) is 91.3 cm³/mol. The van der Waals surface area contributed by atoms with Crippen molar-refractivity contribution in [1.29, 1.82) is 0 Å². The molecule has 24 heavy (non-hydrogen) atoms. The van der Waals surface area contributed by atoms with Crippen LogP contribution in [-0.4, -0.2) is 9.97 Å². The van der Waals surface area contributed by atoms with Gasteiger partial charge < -0.3 is 15.5 Å². The summed E-state index contributed by atoms with van der Waals surface area (Å²) in [5.74, 6) is -0.0487. The maximum Gasteiger partial charge on any atom is 0.215 e. The molecule has 3 N–H and O–H groups in total. The van der Waals surface area contributed by atoms with Crippen molar-refractivity contribution in [3.63, 3.8) is 0 Å². The fourth-order valence-corrected chi connectivity index (χ4v) is 2.56. The van der Waals surface area contributed by atoms with Crippen LogP contribution in [0.25, 0.3) is 22.2 Å². The van der Waals surface area contributed by atoms with E-state index in [9.17, 15) is 4.39 Å². The van der Waals surface area contributed by atoms with E-state index in [1.54, 1.807) is 30.7 Å². The SMILES string of the molecule is Nc1oc2c(-c3ccncc3)nccc2c1Nc1ccc(F)cc1. The van der Waals surface area contributed by atoms with Gasteiger partial charge >= 0.3 is 0 Å². The molecule has 0 bridgehead atoms. The Labute approximate surface area is 137 Å². The van der Waals surface area contributed by atoms with Gasteiger partial charge in [0.1, 0.15) is 17.2 Å². The molecule has 0 spiro atoms. The molecule has 6 heteroatoms. The Balaban J connectivity index is 1.83. The number of hydrogen-bond donors (Lipinski definition) is 2. The highest BCUT2D eigenvalue weighted by atomic mass is 19.1. The number of nitrogens with two attached hydrogens (primary N) is 1. The number of nitrogens with zero attached hydrogens (tertiary/aromatic N) is 2. The molecular formula is C18H13FN4O. The van der Waals surface area contributed by atoms with Crippen molar-refractivity contribution >= 4 is 28.2 Å². The highest BCUT2D eigenvalue weighted by molar-refractivity contribution is 6.03. The predicted octanol–water partition coefficient (Wildman–Crippen LogP) is 4.35. The summed E-state index contributed by atoms with van der Waals surface area (Å²) in [5, 5.41) is 3.98. The molecule has 0 fully saturated rings. The first-order chi connectivity index (χ1) is 11.7. The second-order valence-electron chi connectivity index (χ2n) is 5.25. The van der Waals surface area contributed by atoms with E-state index in [-0.39, 0.29) is 11.7 Å². The average molecular weight is 320 g/mol. The summed E-state index contributed by atoms with van der Waals surface area (Å²) in [5.41, 5.74) is 9.55. The highest BCUT2D eigenvalue weighted by Crippen LogP contribution is 2.38. The third-order valence-corrected chi connectivity index (χ3v) is 3.70. The van der Waals surface area contributed by atoms with Gasteiger partial charge in [0.05, 0.1) is 5.39 Å². The molecular weight excluding hydrogens is 307 g/mol. The summed E-state index contributed by atoms with van der Waals surface area (Å²) in [6.07, 6.45) is 5.09. The van der Waals surface area contributed by atoms with Gasteiger partial charge in [0.15, 0.2) is 5.58 Å². The van der Waals surface area contributed by atoms with Gasteiger partial charge in [-0.15, -0.1) is 0 Å². The number of anilines is 3. The van der Waals surface area contributed by atoms with Crippen molar-refractivity contribution in [3.8, 4) is 11.3 Å². The molecule has 0 saturated heterocycles. The normalized spacial score (nSPS) is 10.9. The second kappa shape index (κ2) is 5.66. The third kappa shape index (κ3) is 2.44. The number of fused-ring (bicyclic) bond motifs is 1. The average Bonchev–Trinajstić information content (AvgIpc) is 2.93. The van der Waals surface area contributed by atoms with Gasteiger partial charge in [-0.2, -0.15) is 0 Å². The van der Waals surface area contributed by atoms with Crippen LogP contribution in [0.3, 0.4) is 0 Å². The van der Waals surface area contributed by atoms with Gasteiger partial charge in [-0.25, -0.2) is 4.39 Å². The van der Waals surface area contributed by atoms with Gasteiger partial charge in [-0.3, -0.25) is 9.97 Å². The second-order valence-corrected chi connectivity index (χ2v) is 5.25. The van der Waals surface area contributed by atoms with Crippen LogP contribution in [0.2, 0.25) is 0 Å². The minimum atomic E-state index is -0.297. The molecule has 3 aromatic heterocycles. The van der Waals surface area contributed by atoms with Crippen molar-refractivity contribution in [2.75, 3.05) is 11.1 Å². The Bertz CT molecular complexity index is 997. The Kier molecular flexibility index (Phi) is 3.35. The summed E-state index contributed by atoms with van der Waals surface area (Å²) >= 11 is 0. The topological polar surface area (TPSA) is 77.0 Å². The minimum absolute atomic E-state index is 0.248. The number of nitrogen functional groups attached to an aromatic ring is 1. The summed E-state index contributed by atoms with van der Waals surface area (Å²) in [7, 11) is 0. The number of halogens is 1. The molecule has 0 unspecified atom stereocenters. The zero-order valence-corrected chi connectivity index (χ0v) is 12.5. The van der Waals surface area contributed by atoms with Crippen LogP contribution in [0.1, 0.15) is 0 Å². The van der Waals surface area contributed by atoms with Gasteiger partial charge in [0.25, 0.3) is 0 Å². The molecule has 4 rings (SSSR count). The monoisotopic (exact) mass is 320 g/mol. The first-order valence-electron chi connectivity index (χ1n) is 7.32. The van der Waals surface area contributed by atoms with Crippen LogP contribution in [0, 0.1) is 5.82 Å². The Hall–Kier alpha value is -3.41. The third-order valence-electron chi connectivity index (χ3n) is 3.70. The Morgan fingerprint density at radius 1 is 0.958 bits per heavy atom. The van der Waals surface area contributed by atoms with Crippen molar-refractivity contribution in [3.05, 3.63) is 66.9 Å². The van der Waals surface area contributed by atoms with Crippen molar-refractivity contribution in [1.82, 2.24) is 9.97 Å². The maximum atomic E-state index is 13.1. The summed E-state index contributed by atoms with van der Waals surface area (Å²) in [6, 6.07) is 11.6. The Morgan fingerprint density at radius 3 is 2.46 bits per heavy atom. The lowest BCUT2D eigenvalue weighted by Gasteiger charge is -2.05. The van der Waals surface area contributed by atoms with E-state index in [2.05, 4.69) is 15.3 Å². The van der Waals surface area contributed by atoms with Crippen LogP contribution in [-0.2, 0) is 0 Å². The number of pyridine rings is 2. The van der Waals surface area contributed by atoms with Crippen LogP contribution >= 0.6 is 0 Å². The lowest BCUT2D eigenvalue weighted by molar-refractivity contribution is 0.628. The number of nitrogens with one attached hydrogen (secondary N) is 1. The quantitative estimate of drug-likeness (QED) is 0.586. The van der Waals surface area contributed by atoms with Gasteiger partial charge in [-0.1, -0.05) is 0 Å². The van der Waals surface area contributed by atoms with Gasteiger partial charge in [-0.05, 0) is 42.5 Å². The smallest absolute Gasteiger partial charge is 0.215 e. The number of benzene rings is 1. The van der Waals surface area contributed by atoms with Crippen LogP contribution < -0.4 is 11.1 Å². The van der Waals surface area contributed by atoms with Crippen LogP contribution in [0.15, 0.2) is 65.5 Å². The zero-order chi connectivity index (χ0) is 16.5. The Morgan fingerprint density at radius 2 is 1.71 bits per heavy atom. The molecule has 3 heterocycles. The fourth-order valence-electron chi connectivity index (χ4n) is 2.56. The molecule has 5 nitrogen and oxygen atoms in total. The largest absolute Gasteiger partial charge is 0.436 e. The van der Waals surface area contributed by atoms with Crippen molar-refractivity contribution < 1.29 is 8.81 Å². The molecule has 0 aliphatic rings. The molecule has 4 aromatic rings. The lowest BCUT2D eigenvalue weighted by Crippen LogP contribution is -1.93. The highest BCUT2D eigenvalue weighted by Gasteiger charge is 2.16. The molecule has 0 atom stereocenters. The maximum absolute atomic E-state index is 13.1. The van der Waals surface area contributed by atoms with Crippen LogP contribution in [0.5, 0.6) is 0 Å². The van der Waals surface area contributed by atoms with E-state index < -0.39 is 0 Å². The van der Waals surface area contributed by atoms with Crippen molar-refractivity contribution in [2.45, 2.75) is 0 Å². The van der Waals surface area contributed by atoms with E-state index in [1.807, 2.05) is 18.2 Å². The minimum Gasteiger partial charge on any atom is -0.436 e. The molecule has 118 valence electrons. The summed E-state index contributed by atoms with van der Waals surface area (Å²) in [4.78, 5) is 8.41. The molecule has 0 saturated carbocycles. The van der Waals surface area contributed by atoms with E-state index >= 15 is 0 Å². The standard InChI is InChI=1S/C18H13FN4O/c19-12-1-3-13(4-2-12)23-16-14-7-10-22-15(17(14)24-18(16)20)11-5-8-21-9-6-11/h1-10,23H,20H2. The number of rotatable bonds is 3.